The minimum atomic E-state index is -0.973. The second kappa shape index (κ2) is 50.3. The van der Waals surface area contributed by atoms with Crippen LogP contribution in [0.1, 0.15) is 289 Å². The maximum Gasteiger partial charge on any atom is 0.201 e. The molecule has 516 valence electrons. The van der Waals surface area contributed by atoms with Gasteiger partial charge in [-0.15, -0.1) is 0 Å². The third kappa shape index (κ3) is 31.8. The average Bonchev–Trinajstić information content (AvgIpc) is 0.909. The van der Waals surface area contributed by atoms with Gasteiger partial charge in [0.05, 0.1) is 36.5 Å². The highest BCUT2D eigenvalue weighted by Gasteiger charge is 2.21. The summed E-state index contributed by atoms with van der Waals surface area (Å²) in [6.07, 6.45) is 55.5. The molecule has 3 aromatic heterocycles. The molecule has 0 spiro atoms. The third-order valence-electron chi connectivity index (χ3n) is 16.7. The van der Waals surface area contributed by atoms with Crippen LogP contribution < -0.4 is 14.2 Å². The summed E-state index contributed by atoms with van der Waals surface area (Å²) in [7, 11) is 0. The molecule has 3 aromatic carbocycles. The highest BCUT2D eigenvalue weighted by Crippen LogP contribution is 2.32. The smallest absolute Gasteiger partial charge is 0.201 e. The van der Waals surface area contributed by atoms with E-state index in [1.807, 2.05) is 0 Å². The second-order valence-electron chi connectivity index (χ2n) is 24.9. The number of ether oxygens (including phenoxy) is 3. The van der Waals surface area contributed by atoms with Gasteiger partial charge in [0.2, 0.25) is 17.5 Å². The molecule has 0 amide bonds. The number of nitrogens with zero attached hydrogens (tertiary/aromatic N) is 6. The Morgan fingerprint density at radius 1 is 0.237 bits per heavy atom. The summed E-state index contributed by atoms with van der Waals surface area (Å²) in [5.74, 6) is -5.33. The predicted molar refractivity (Wildman–Crippen MR) is 370 cm³/mol. The van der Waals surface area contributed by atoms with Gasteiger partial charge in [-0.3, -0.25) is 0 Å². The molecule has 15 heteroatoms. The molecule has 0 atom stereocenters. The molecule has 93 heavy (non-hydrogen) atoms. The first-order chi connectivity index (χ1) is 45.5. The molecule has 0 unspecified atom stereocenters. The second-order valence-corrected chi connectivity index (χ2v) is 24.9. The van der Waals surface area contributed by atoms with E-state index in [1.165, 1.54) is 184 Å². The van der Waals surface area contributed by atoms with E-state index in [4.69, 9.17) is 14.2 Å². The minimum Gasteiger partial charge on any atom is -0.490 e. The van der Waals surface area contributed by atoms with E-state index in [0.717, 1.165) is 119 Å². The Morgan fingerprint density at radius 2 is 0.430 bits per heavy atom. The topological polar surface area (TPSA) is 105 Å². The van der Waals surface area contributed by atoms with Gasteiger partial charge in [0, 0.05) is 37.2 Å². The van der Waals surface area contributed by atoms with Gasteiger partial charge in [-0.05, 0) is 111 Å². The van der Waals surface area contributed by atoms with Crippen molar-refractivity contribution in [3.05, 3.63) is 125 Å². The van der Waals surface area contributed by atoms with E-state index in [1.54, 1.807) is 37.2 Å². The van der Waals surface area contributed by atoms with E-state index >= 15 is 0 Å². The Balaban J connectivity index is 0.000000297. The van der Waals surface area contributed by atoms with Gasteiger partial charge in [-0.25, -0.2) is 43.1 Å². The highest BCUT2D eigenvalue weighted by atomic mass is 19.2. The fourth-order valence-electron chi connectivity index (χ4n) is 10.8. The van der Waals surface area contributed by atoms with Gasteiger partial charge in [0.1, 0.15) is 0 Å². The van der Waals surface area contributed by atoms with Crippen LogP contribution in [0.3, 0.4) is 0 Å². The first-order valence-corrected chi connectivity index (χ1v) is 36.3. The first kappa shape index (κ1) is 79.3. The number of rotatable bonds is 48. The molecule has 3 heterocycles. The Hall–Kier alpha value is -6.12. The SMILES string of the molecule is CCCCCCCCCc1cnc(-c2ccc(OCCCCCC)c(F)c2F)nc1.CCCCCCCCCc1cnc(-c2ccc(OCCCCCCC)c(F)c2F)nc1.CCCCCCCCCc1cnc(-c2ccc(OCCCCCCCC)c(F)c2F)nc1. The van der Waals surface area contributed by atoms with Crippen LogP contribution in [0.2, 0.25) is 0 Å². The van der Waals surface area contributed by atoms with Crippen molar-refractivity contribution in [2.24, 2.45) is 0 Å². The molecule has 0 radical (unpaired) electrons. The van der Waals surface area contributed by atoms with Crippen molar-refractivity contribution in [3.63, 3.8) is 0 Å². The summed E-state index contributed by atoms with van der Waals surface area (Å²) in [6.45, 7) is 14.3. The molecular weight excluding hydrogens is 1180 g/mol. The summed E-state index contributed by atoms with van der Waals surface area (Å²) in [6, 6.07) is 8.89. The minimum absolute atomic E-state index is 0.0460. The predicted octanol–water partition coefficient (Wildman–Crippen LogP) is 24.2. The summed E-state index contributed by atoms with van der Waals surface area (Å²) < 4.78 is 103. The zero-order chi connectivity index (χ0) is 66.9. The van der Waals surface area contributed by atoms with Crippen molar-refractivity contribution in [2.45, 2.75) is 292 Å². The maximum absolute atomic E-state index is 14.6. The van der Waals surface area contributed by atoms with Crippen molar-refractivity contribution < 1.29 is 40.6 Å². The monoisotopic (exact) mass is 1300 g/mol. The molecule has 6 rings (SSSR count). The number of halogens is 6. The fraction of sp³-hybridized carbons (Fsp3) is 0.615. The number of benzene rings is 3. The molecule has 0 N–H and O–H groups in total. The fourth-order valence-corrected chi connectivity index (χ4v) is 10.8. The molecule has 0 saturated carbocycles. The summed E-state index contributed by atoms with van der Waals surface area (Å²) in [5.41, 5.74) is 3.28. The molecular formula is C78H114F6N6O3. The van der Waals surface area contributed by atoms with Gasteiger partial charge < -0.3 is 14.2 Å². The van der Waals surface area contributed by atoms with Crippen molar-refractivity contribution in [3.8, 4) is 51.4 Å². The molecule has 0 bridgehead atoms. The zero-order valence-electron chi connectivity index (χ0n) is 57.8. The van der Waals surface area contributed by atoms with Crippen LogP contribution in [0, 0.1) is 34.9 Å². The van der Waals surface area contributed by atoms with Crippen molar-refractivity contribution in [1.82, 2.24) is 29.9 Å². The first-order valence-electron chi connectivity index (χ1n) is 36.3. The van der Waals surface area contributed by atoms with Crippen LogP contribution in [-0.2, 0) is 19.3 Å². The number of hydrogen-bond acceptors (Lipinski definition) is 9. The lowest BCUT2D eigenvalue weighted by atomic mass is 10.1. The Labute approximate surface area is 556 Å². The average molecular weight is 1300 g/mol. The summed E-state index contributed by atoms with van der Waals surface area (Å²) in [4.78, 5) is 25.6. The lowest BCUT2D eigenvalue weighted by Crippen LogP contribution is -2.03. The molecule has 0 aliphatic heterocycles. The lowest BCUT2D eigenvalue weighted by molar-refractivity contribution is 0.285. The van der Waals surface area contributed by atoms with E-state index in [2.05, 4.69) is 71.4 Å². The summed E-state index contributed by atoms with van der Waals surface area (Å²) >= 11 is 0. The standard InChI is InChI=1S/C27H40F2N2O.C26H38F2N2O.C25H36F2N2O/c1-3-5-7-9-11-12-14-16-22-20-30-27(31-21-22)23-17-18-24(26(29)25(23)28)32-19-15-13-10-8-6-4-2;1-3-5-7-9-10-11-13-15-21-19-29-26(30-20-21)22-16-17-23(25(28)24(22)27)31-18-14-12-8-6-4-2;1-3-5-7-9-10-11-12-14-20-18-28-25(29-19-20)21-15-16-22(24(27)23(21)26)30-17-13-8-6-4-2/h17-18,20-21H,3-16,19H2,1-2H3;16-17,19-20H,3-15,18H2,1-2H3;15-16,18-19H,3-14,17H2,1-2H3. The Morgan fingerprint density at radius 3 is 0.656 bits per heavy atom. The van der Waals surface area contributed by atoms with E-state index in [9.17, 15) is 26.3 Å². The van der Waals surface area contributed by atoms with Gasteiger partial charge in [0.15, 0.2) is 52.2 Å². The van der Waals surface area contributed by atoms with Gasteiger partial charge in [0.25, 0.3) is 0 Å². The van der Waals surface area contributed by atoms with Crippen LogP contribution in [0.15, 0.2) is 73.6 Å². The number of aromatic nitrogens is 6. The van der Waals surface area contributed by atoms with Gasteiger partial charge in [-0.1, -0.05) is 234 Å². The molecule has 6 aromatic rings. The van der Waals surface area contributed by atoms with Crippen LogP contribution in [0.25, 0.3) is 34.2 Å². The molecule has 0 saturated heterocycles. The van der Waals surface area contributed by atoms with Crippen molar-refractivity contribution in [2.75, 3.05) is 19.8 Å². The normalized spacial score (nSPS) is 11.1. The number of unbranched alkanes of at least 4 members (excludes halogenated alkanes) is 30. The Kier molecular flexibility index (Phi) is 42.9. The quantitative estimate of drug-likeness (QED) is 0.0273. The third-order valence-corrected chi connectivity index (χ3v) is 16.7. The highest BCUT2D eigenvalue weighted by molar-refractivity contribution is 5.59. The zero-order valence-corrected chi connectivity index (χ0v) is 57.8. The van der Waals surface area contributed by atoms with Gasteiger partial charge in [-0.2, -0.15) is 13.2 Å². The van der Waals surface area contributed by atoms with E-state index in [-0.39, 0.29) is 51.4 Å². The van der Waals surface area contributed by atoms with Gasteiger partial charge >= 0.3 is 0 Å². The molecule has 0 aliphatic rings. The number of hydrogen-bond donors (Lipinski definition) is 0. The largest absolute Gasteiger partial charge is 0.490 e. The van der Waals surface area contributed by atoms with Crippen LogP contribution in [0.5, 0.6) is 17.2 Å². The van der Waals surface area contributed by atoms with E-state index < -0.39 is 34.9 Å². The molecule has 0 aliphatic carbocycles. The van der Waals surface area contributed by atoms with Crippen molar-refractivity contribution >= 4 is 0 Å². The lowest BCUT2D eigenvalue weighted by Gasteiger charge is -2.10. The number of aryl methyl sites for hydroxylation is 3. The Bertz CT molecular complexity index is 2860. The molecule has 0 fully saturated rings. The van der Waals surface area contributed by atoms with Crippen LogP contribution in [0.4, 0.5) is 26.3 Å². The molecule has 9 nitrogen and oxygen atoms in total. The van der Waals surface area contributed by atoms with Crippen LogP contribution >= 0.6 is 0 Å². The van der Waals surface area contributed by atoms with Crippen LogP contribution in [-0.4, -0.2) is 49.7 Å². The van der Waals surface area contributed by atoms with E-state index in [0.29, 0.717) is 19.8 Å². The maximum atomic E-state index is 14.6. The summed E-state index contributed by atoms with van der Waals surface area (Å²) in [5, 5.41) is 0. The van der Waals surface area contributed by atoms with Crippen molar-refractivity contribution in [1.29, 1.82) is 0 Å².